The van der Waals surface area contributed by atoms with E-state index in [4.69, 9.17) is 4.74 Å². The summed E-state index contributed by atoms with van der Waals surface area (Å²) in [6.45, 7) is 6.50. The summed E-state index contributed by atoms with van der Waals surface area (Å²) in [5.41, 5.74) is 1.72. The zero-order chi connectivity index (χ0) is 12.1. The molecule has 0 aromatic heterocycles. The lowest BCUT2D eigenvalue weighted by Crippen LogP contribution is -2.09. The first-order valence-corrected chi connectivity index (χ1v) is 6.29. The molecule has 0 heterocycles. The van der Waals surface area contributed by atoms with Gasteiger partial charge in [-0.2, -0.15) is 0 Å². The summed E-state index contributed by atoms with van der Waals surface area (Å²) in [5, 5.41) is 0. The van der Waals surface area contributed by atoms with Crippen LogP contribution in [0.4, 0.5) is 0 Å². The maximum Gasteiger partial charge on any atom is 0.338 e. The minimum atomic E-state index is -0.237. The first kappa shape index (κ1) is 13.2. The quantitative estimate of drug-likeness (QED) is 0.786. The summed E-state index contributed by atoms with van der Waals surface area (Å²) in [6, 6.07) is 5.77. The zero-order valence-electron chi connectivity index (χ0n) is 9.92. The highest BCUT2D eigenvalue weighted by Crippen LogP contribution is 2.20. The summed E-state index contributed by atoms with van der Waals surface area (Å²) in [5.74, 6) is 0.286. The van der Waals surface area contributed by atoms with Gasteiger partial charge in [-0.1, -0.05) is 35.8 Å². The fourth-order valence-corrected chi connectivity index (χ4v) is 1.93. The summed E-state index contributed by atoms with van der Waals surface area (Å²) in [4.78, 5) is 11.8. The van der Waals surface area contributed by atoms with Crippen molar-refractivity contribution in [3.63, 3.8) is 0 Å². The molecule has 0 atom stereocenters. The second kappa shape index (κ2) is 6.04. The molecule has 16 heavy (non-hydrogen) atoms. The Hall–Kier alpha value is -0.830. The molecular weight excluding hydrogens is 268 g/mol. The first-order valence-electron chi connectivity index (χ1n) is 5.50. The summed E-state index contributed by atoms with van der Waals surface area (Å²) < 4.78 is 5.95. The standard InChI is InChI=1S/C13H17BrO2/c1-4-16-13(15)12-8-11(14)6-5-10(12)7-9(2)3/h5-6,8-9H,4,7H2,1-3H3. The highest BCUT2D eigenvalue weighted by atomic mass is 79.9. The Labute approximate surface area is 105 Å². The van der Waals surface area contributed by atoms with Gasteiger partial charge in [0.25, 0.3) is 0 Å². The van der Waals surface area contributed by atoms with Gasteiger partial charge in [-0.05, 0) is 37.0 Å². The van der Waals surface area contributed by atoms with Gasteiger partial charge in [0.1, 0.15) is 0 Å². The molecule has 1 aromatic carbocycles. The molecule has 1 aromatic rings. The SMILES string of the molecule is CCOC(=O)c1cc(Br)ccc1CC(C)C. The molecule has 0 aliphatic heterocycles. The van der Waals surface area contributed by atoms with Gasteiger partial charge >= 0.3 is 5.97 Å². The Kier molecular flexibility index (Phi) is 5.00. The topological polar surface area (TPSA) is 26.3 Å². The van der Waals surface area contributed by atoms with Crippen molar-refractivity contribution in [1.29, 1.82) is 0 Å². The highest BCUT2D eigenvalue weighted by Gasteiger charge is 2.13. The van der Waals surface area contributed by atoms with Crippen molar-refractivity contribution >= 4 is 21.9 Å². The molecule has 0 bridgehead atoms. The predicted molar refractivity (Wildman–Crippen MR) is 68.6 cm³/mol. The zero-order valence-corrected chi connectivity index (χ0v) is 11.5. The number of hydrogen-bond donors (Lipinski definition) is 0. The normalized spacial score (nSPS) is 10.6. The predicted octanol–water partition coefficient (Wildman–Crippen LogP) is 3.82. The molecule has 0 aliphatic carbocycles. The van der Waals surface area contributed by atoms with Gasteiger partial charge in [0.15, 0.2) is 0 Å². The fraction of sp³-hybridized carbons (Fsp3) is 0.462. The van der Waals surface area contributed by atoms with Crippen LogP contribution in [0.15, 0.2) is 22.7 Å². The lowest BCUT2D eigenvalue weighted by Gasteiger charge is -2.11. The number of ether oxygens (including phenoxy) is 1. The third-order valence-corrected chi connectivity index (χ3v) is 2.69. The van der Waals surface area contributed by atoms with Crippen molar-refractivity contribution in [1.82, 2.24) is 0 Å². The van der Waals surface area contributed by atoms with Crippen LogP contribution in [0.5, 0.6) is 0 Å². The van der Waals surface area contributed by atoms with E-state index >= 15 is 0 Å². The molecule has 0 saturated carbocycles. The molecule has 0 fully saturated rings. The smallest absolute Gasteiger partial charge is 0.338 e. The molecule has 0 aliphatic rings. The van der Waals surface area contributed by atoms with Gasteiger partial charge in [0, 0.05) is 4.47 Å². The van der Waals surface area contributed by atoms with Gasteiger partial charge in [-0.3, -0.25) is 0 Å². The van der Waals surface area contributed by atoms with E-state index in [0.29, 0.717) is 18.1 Å². The van der Waals surface area contributed by atoms with Crippen LogP contribution in [0, 0.1) is 5.92 Å². The van der Waals surface area contributed by atoms with Crippen LogP contribution in [-0.2, 0) is 11.2 Å². The molecular formula is C13H17BrO2. The number of carbonyl (C=O) groups is 1. The summed E-state index contributed by atoms with van der Waals surface area (Å²) in [7, 11) is 0. The summed E-state index contributed by atoms with van der Waals surface area (Å²) >= 11 is 3.37. The van der Waals surface area contributed by atoms with E-state index in [1.165, 1.54) is 0 Å². The minimum Gasteiger partial charge on any atom is -0.462 e. The average molecular weight is 285 g/mol. The van der Waals surface area contributed by atoms with Crippen molar-refractivity contribution in [3.05, 3.63) is 33.8 Å². The highest BCUT2D eigenvalue weighted by molar-refractivity contribution is 9.10. The Bertz CT molecular complexity index is 372. The lowest BCUT2D eigenvalue weighted by atomic mass is 9.98. The first-order chi connectivity index (χ1) is 7.54. The number of esters is 1. The molecule has 0 saturated heterocycles. The largest absolute Gasteiger partial charge is 0.462 e. The van der Waals surface area contributed by atoms with E-state index in [-0.39, 0.29) is 5.97 Å². The monoisotopic (exact) mass is 284 g/mol. The second-order valence-electron chi connectivity index (χ2n) is 4.12. The van der Waals surface area contributed by atoms with Gasteiger partial charge in [0.05, 0.1) is 12.2 Å². The number of benzene rings is 1. The Morgan fingerprint density at radius 2 is 2.12 bits per heavy atom. The molecule has 1 rings (SSSR count). The van der Waals surface area contributed by atoms with E-state index in [1.807, 2.05) is 25.1 Å². The molecule has 2 nitrogen and oxygen atoms in total. The van der Waals surface area contributed by atoms with E-state index in [0.717, 1.165) is 16.5 Å². The average Bonchev–Trinajstić information content (AvgIpc) is 2.20. The van der Waals surface area contributed by atoms with Gasteiger partial charge < -0.3 is 4.74 Å². The van der Waals surface area contributed by atoms with Crippen molar-refractivity contribution in [2.24, 2.45) is 5.92 Å². The van der Waals surface area contributed by atoms with E-state index in [1.54, 1.807) is 0 Å². The van der Waals surface area contributed by atoms with Crippen LogP contribution in [0.1, 0.15) is 36.7 Å². The third kappa shape index (κ3) is 3.63. The minimum absolute atomic E-state index is 0.237. The van der Waals surface area contributed by atoms with Gasteiger partial charge in [0.2, 0.25) is 0 Å². The van der Waals surface area contributed by atoms with Crippen molar-refractivity contribution in [2.45, 2.75) is 27.2 Å². The van der Waals surface area contributed by atoms with Crippen LogP contribution in [-0.4, -0.2) is 12.6 Å². The Morgan fingerprint density at radius 3 is 2.69 bits per heavy atom. The van der Waals surface area contributed by atoms with E-state index in [2.05, 4.69) is 29.8 Å². The van der Waals surface area contributed by atoms with Crippen molar-refractivity contribution in [2.75, 3.05) is 6.61 Å². The molecule has 3 heteroatoms. The number of halogens is 1. The Balaban J connectivity index is 3.02. The van der Waals surface area contributed by atoms with E-state index in [9.17, 15) is 4.79 Å². The fourth-order valence-electron chi connectivity index (χ4n) is 1.57. The van der Waals surface area contributed by atoms with Crippen LogP contribution < -0.4 is 0 Å². The maximum absolute atomic E-state index is 11.8. The maximum atomic E-state index is 11.8. The number of hydrogen-bond acceptors (Lipinski definition) is 2. The van der Waals surface area contributed by atoms with Gasteiger partial charge in [-0.25, -0.2) is 4.79 Å². The molecule has 88 valence electrons. The van der Waals surface area contributed by atoms with Crippen LogP contribution >= 0.6 is 15.9 Å². The molecule has 0 N–H and O–H groups in total. The van der Waals surface area contributed by atoms with Crippen molar-refractivity contribution < 1.29 is 9.53 Å². The van der Waals surface area contributed by atoms with Crippen molar-refractivity contribution in [3.8, 4) is 0 Å². The molecule has 0 spiro atoms. The lowest BCUT2D eigenvalue weighted by molar-refractivity contribution is 0.0525. The second-order valence-corrected chi connectivity index (χ2v) is 5.04. The van der Waals surface area contributed by atoms with Crippen LogP contribution in [0.25, 0.3) is 0 Å². The van der Waals surface area contributed by atoms with Crippen LogP contribution in [0.3, 0.4) is 0 Å². The molecule has 0 amide bonds. The Morgan fingerprint density at radius 1 is 1.44 bits per heavy atom. The molecule has 0 radical (unpaired) electrons. The summed E-state index contributed by atoms with van der Waals surface area (Å²) in [6.07, 6.45) is 0.890. The molecule has 0 unspecified atom stereocenters. The van der Waals surface area contributed by atoms with E-state index < -0.39 is 0 Å². The van der Waals surface area contributed by atoms with Crippen LogP contribution in [0.2, 0.25) is 0 Å². The third-order valence-electron chi connectivity index (χ3n) is 2.20. The number of rotatable bonds is 4. The van der Waals surface area contributed by atoms with Gasteiger partial charge in [-0.15, -0.1) is 0 Å². The number of carbonyl (C=O) groups excluding carboxylic acids is 1.